The number of phenolic OH excluding ortho intramolecular Hbond substituents is 1. The van der Waals surface area contributed by atoms with Crippen molar-refractivity contribution in [3.8, 4) is 5.75 Å². The highest BCUT2D eigenvalue weighted by atomic mass is 16.6. The van der Waals surface area contributed by atoms with Gasteiger partial charge in [0.15, 0.2) is 5.75 Å². The van der Waals surface area contributed by atoms with E-state index in [1.165, 1.54) is 17.0 Å². The van der Waals surface area contributed by atoms with E-state index in [1.54, 1.807) is 37.4 Å². The van der Waals surface area contributed by atoms with Crippen molar-refractivity contribution >= 4 is 17.3 Å². The van der Waals surface area contributed by atoms with Gasteiger partial charge in [-0.2, -0.15) is 0 Å². The molecule has 1 aliphatic rings. The maximum atomic E-state index is 12.4. The molecule has 2 aromatic rings. The second kappa shape index (κ2) is 5.03. The second-order valence-electron chi connectivity index (χ2n) is 5.01. The molecule has 1 unspecified atom stereocenters. The summed E-state index contributed by atoms with van der Waals surface area (Å²) in [5.41, 5.74) is 1.36. The number of hydrogen-bond acceptors (Lipinski definition) is 5. The van der Waals surface area contributed by atoms with E-state index in [1.807, 2.05) is 0 Å². The lowest BCUT2D eigenvalue weighted by atomic mass is 10.0. The Labute approximate surface area is 125 Å². The SMILES string of the molecule is CN1C(=O)c2ccccc2NC1c1ccc(O)c([N+](=O)[O-])c1. The van der Waals surface area contributed by atoms with Crippen LogP contribution in [0.4, 0.5) is 11.4 Å². The third-order valence-corrected chi connectivity index (χ3v) is 3.67. The molecule has 1 atom stereocenters. The number of fused-ring (bicyclic) bond motifs is 1. The molecular weight excluding hydrogens is 286 g/mol. The highest BCUT2D eigenvalue weighted by molar-refractivity contribution is 6.01. The van der Waals surface area contributed by atoms with Crippen LogP contribution in [0.15, 0.2) is 42.5 Å². The molecule has 0 saturated carbocycles. The number of benzene rings is 2. The summed E-state index contributed by atoms with van der Waals surface area (Å²) in [5.74, 6) is -0.575. The van der Waals surface area contributed by atoms with E-state index in [4.69, 9.17) is 0 Å². The first kappa shape index (κ1) is 13.9. The van der Waals surface area contributed by atoms with Gasteiger partial charge in [0.05, 0.1) is 10.5 Å². The molecule has 0 saturated heterocycles. The number of carbonyl (C=O) groups is 1. The van der Waals surface area contributed by atoms with Crippen molar-refractivity contribution in [1.82, 2.24) is 4.90 Å². The Balaban J connectivity index is 2.05. The van der Waals surface area contributed by atoms with Crippen molar-refractivity contribution in [2.24, 2.45) is 0 Å². The molecule has 1 heterocycles. The Morgan fingerprint density at radius 3 is 2.73 bits per heavy atom. The minimum atomic E-state index is -0.655. The highest BCUT2D eigenvalue weighted by Gasteiger charge is 2.31. The van der Waals surface area contributed by atoms with Crippen LogP contribution in [0.3, 0.4) is 0 Å². The van der Waals surface area contributed by atoms with Gasteiger partial charge in [-0.3, -0.25) is 14.9 Å². The van der Waals surface area contributed by atoms with Crippen LogP contribution in [0.1, 0.15) is 22.1 Å². The van der Waals surface area contributed by atoms with Crippen molar-refractivity contribution in [3.05, 3.63) is 63.7 Å². The van der Waals surface area contributed by atoms with Gasteiger partial charge >= 0.3 is 5.69 Å². The summed E-state index contributed by atoms with van der Waals surface area (Å²) in [7, 11) is 1.62. The van der Waals surface area contributed by atoms with Crippen LogP contribution >= 0.6 is 0 Å². The number of nitrogens with zero attached hydrogens (tertiary/aromatic N) is 2. The number of para-hydroxylation sites is 1. The fourth-order valence-electron chi connectivity index (χ4n) is 2.51. The Kier molecular flexibility index (Phi) is 3.17. The van der Waals surface area contributed by atoms with E-state index < -0.39 is 16.8 Å². The van der Waals surface area contributed by atoms with Gasteiger partial charge in [-0.15, -0.1) is 0 Å². The summed E-state index contributed by atoms with van der Waals surface area (Å²) in [6.45, 7) is 0. The molecule has 2 aromatic carbocycles. The minimum absolute atomic E-state index is 0.171. The van der Waals surface area contributed by atoms with Crippen molar-refractivity contribution < 1.29 is 14.8 Å². The average Bonchev–Trinajstić information content (AvgIpc) is 2.51. The van der Waals surface area contributed by atoms with E-state index >= 15 is 0 Å². The minimum Gasteiger partial charge on any atom is -0.502 e. The van der Waals surface area contributed by atoms with Gasteiger partial charge in [0.2, 0.25) is 0 Å². The zero-order chi connectivity index (χ0) is 15.9. The lowest BCUT2D eigenvalue weighted by Crippen LogP contribution is -2.40. The molecular formula is C15H13N3O4. The number of phenols is 1. The predicted molar refractivity (Wildman–Crippen MR) is 79.7 cm³/mol. The van der Waals surface area contributed by atoms with Crippen LogP contribution < -0.4 is 5.32 Å². The molecule has 3 rings (SSSR count). The van der Waals surface area contributed by atoms with Gasteiger partial charge in [-0.1, -0.05) is 18.2 Å². The van der Waals surface area contributed by atoms with Gasteiger partial charge in [-0.05, 0) is 18.2 Å². The average molecular weight is 299 g/mol. The Morgan fingerprint density at radius 1 is 1.27 bits per heavy atom. The third-order valence-electron chi connectivity index (χ3n) is 3.67. The second-order valence-corrected chi connectivity index (χ2v) is 5.01. The molecule has 2 N–H and O–H groups in total. The molecule has 0 bridgehead atoms. The van der Waals surface area contributed by atoms with Gasteiger partial charge in [0.25, 0.3) is 5.91 Å². The number of nitro groups is 1. The van der Waals surface area contributed by atoms with Gasteiger partial charge in [-0.25, -0.2) is 0 Å². The van der Waals surface area contributed by atoms with Gasteiger partial charge in [0, 0.05) is 24.4 Å². The molecule has 112 valence electrons. The number of amides is 1. The van der Waals surface area contributed by atoms with E-state index in [0.717, 1.165) is 0 Å². The van der Waals surface area contributed by atoms with Gasteiger partial charge in [0.1, 0.15) is 6.17 Å². The normalized spacial score (nSPS) is 16.9. The van der Waals surface area contributed by atoms with Crippen molar-refractivity contribution in [3.63, 3.8) is 0 Å². The Bertz CT molecular complexity index is 775. The summed E-state index contributed by atoms with van der Waals surface area (Å²) in [4.78, 5) is 24.1. The summed E-state index contributed by atoms with van der Waals surface area (Å²) in [5, 5.41) is 23.7. The van der Waals surface area contributed by atoms with E-state index in [0.29, 0.717) is 16.8 Å². The van der Waals surface area contributed by atoms with Crippen molar-refractivity contribution in [2.75, 3.05) is 12.4 Å². The van der Waals surface area contributed by atoms with Crippen molar-refractivity contribution in [2.45, 2.75) is 6.17 Å². The molecule has 22 heavy (non-hydrogen) atoms. The maximum absolute atomic E-state index is 12.4. The summed E-state index contributed by atoms with van der Waals surface area (Å²) >= 11 is 0. The van der Waals surface area contributed by atoms with Crippen LogP contribution in [-0.2, 0) is 0 Å². The number of nitro benzene ring substituents is 1. The van der Waals surface area contributed by atoms with Gasteiger partial charge < -0.3 is 15.3 Å². The molecule has 0 radical (unpaired) electrons. The lowest BCUT2D eigenvalue weighted by Gasteiger charge is -2.35. The first-order valence-corrected chi connectivity index (χ1v) is 6.59. The van der Waals surface area contributed by atoms with Crippen LogP contribution in [0, 0.1) is 10.1 Å². The number of carbonyl (C=O) groups excluding carboxylic acids is 1. The number of nitrogens with one attached hydrogen (secondary N) is 1. The molecule has 0 fully saturated rings. The molecule has 1 aliphatic heterocycles. The van der Waals surface area contributed by atoms with Crippen molar-refractivity contribution in [1.29, 1.82) is 0 Å². The fourth-order valence-corrected chi connectivity index (χ4v) is 2.51. The zero-order valence-electron chi connectivity index (χ0n) is 11.7. The largest absolute Gasteiger partial charge is 0.502 e. The number of rotatable bonds is 2. The molecule has 0 aromatic heterocycles. The van der Waals surface area contributed by atoms with Crippen LogP contribution in [0.5, 0.6) is 5.75 Å². The lowest BCUT2D eigenvalue weighted by molar-refractivity contribution is -0.385. The number of aromatic hydroxyl groups is 1. The molecule has 1 amide bonds. The Morgan fingerprint density at radius 2 is 2.00 bits per heavy atom. The Hall–Kier alpha value is -3.09. The quantitative estimate of drug-likeness (QED) is 0.656. The first-order valence-electron chi connectivity index (χ1n) is 6.59. The number of hydrogen-bond donors (Lipinski definition) is 2. The fraction of sp³-hybridized carbons (Fsp3) is 0.133. The summed E-state index contributed by atoms with van der Waals surface area (Å²) < 4.78 is 0. The smallest absolute Gasteiger partial charge is 0.311 e. The van der Waals surface area contributed by atoms with Crippen LogP contribution in [0.25, 0.3) is 0 Å². The third kappa shape index (κ3) is 2.12. The number of anilines is 1. The maximum Gasteiger partial charge on any atom is 0.311 e. The first-order chi connectivity index (χ1) is 10.5. The van der Waals surface area contributed by atoms with E-state index in [9.17, 15) is 20.0 Å². The van der Waals surface area contributed by atoms with Crippen LogP contribution in [0.2, 0.25) is 0 Å². The molecule has 0 spiro atoms. The zero-order valence-corrected chi connectivity index (χ0v) is 11.7. The molecule has 7 nitrogen and oxygen atoms in total. The van der Waals surface area contributed by atoms with Crippen LogP contribution in [-0.4, -0.2) is 27.9 Å². The topological polar surface area (TPSA) is 95.7 Å². The summed E-state index contributed by atoms with van der Waals surface area (Å²) in [6.07, 6.45) is -0.540. The molecule has 7 heteroatoms. The standard InChI is InChI=1S/C15H13N3O4/c1-17-14(9-6-7-13(19)12(8-9)18(21)22)16-11-5-3-2-4-10(11)15(17)20/h2-8,14,16,19H,1H3. The summed E-state index contributed by atoms with van der Waals surface area (Å²) in [6, 6.07) is 11.2. The predicted octanol–water partition coefficient (Wildman–Crippen LogP) is 2.50. The van der Waals surface area contributed by atoms with E-state index in [2.05, 4.69) is 5.32 Å². The molecule has 0 aliphatic carbocycles. The van der Waals surface area contributed by atoms with E-state index in [-0.39, 0.29) is 11.6 Å². The monoisotopic (exact) mass is 299 g/mol. The highest BCUT2D eigenvalue weighted by Crippen LogP contribution is 2.35.